The number of hydrogen-bond acceptors (Lipinski definition) is 3. The Morgan fingerprint density at radius 1 is 1.09 bits per heavy atom. The van der Waals surface area contributed by atoms with Crippen molar-refractivity contribution in [1.82, 2.24) is 19.7 Å². The predicted molar refractivity (Wildman–Crippen MR) is 79.8 cm³/mol. The summed E-state index contributed by atoms with van der Waals surface area (Å²) >= 11 is 0. The Morgan fingerprint density at radius 2 is 1.74 bits per heavy atom. The third kappa shape index (κ3) is 3.55. The predicted octanol–water partition coefficient (Wildman–Crippen LogP) is 3.44. The van der Waals surface area contributed by atoms with Gasteiger partial charge in [0.15, 0.2) is 0 Å². The number of rotatable bonds is 3. The smallest absolute Gasteiger partial charge is 0.304 e. The van der Waals surface area contributed by atoms with E-state index in [4.69, 9.17) is 0 Å². The number of benzene rings is 1. The Bertz CT molecular complexity index is 643. The lowest BCUT2D eigenvalue weighted by Gasteiger charge is -2.33. The van der Waals surface area contributed by atoms with Crippen molar-refractivity contribution in [1.29, 1.82) is 0 Å². The highest BCUT2D eigenvalue weighted by Crippen LogP contribution is 2.33. The number of piperidine rings is 1. The second-order valence-corrected chi connectivity index (χ2v) is 5.93. The molecule has 1 aliphatic heterocycles. The van der Waals surface area contributed by atoms with E-state index >= 15 is 0 Å². The van der Waals surface area contributed by atoms with E-state index in [0.29, 0.717) is 18.7 Å². The molecule has 1 aliphatic rings. The summed E-state index contributed by atoms with van der Waals surface area (Å²) in [6.07, 6.45) is -3.11. The average molecular weight is 324 g/mol. The van der Waals surface area contributed by atoms with E-state index in [1.165, 1.54) is 10.1 Å². The van der Waals surface area contributed by atoms with Crippen molar-refractivity contribution in [3.05, 3.63) is 47.5 Å². The van der Waals surface area contributed by atoms with Crippen LogP contribution in [0.25, 0.3) is 0 Å². The molecule has 1 aromatic carbocycles. The van der Waals surface area contributed by atoms with Crippen LogP contribution in [0.3, 0.4) is 0 Å². The zero-order valence-electron chi connectivity index (χ0n) is 12.9. The second kappa shape index (κ2) is 6.31. The Labute approximate surface area is 132 Å². The number of aromatic nitrogens is 3. The van der Waals surface area contributed by atoms with Crippen LogP contribution in [0.5, 0.6) is 0 Å². The molecule has 0 radical (unpaired) electrons. The summed E-state index contributed by atoms with van der Waals surface area (Å²) in [6.45, 7) is 3.96. The molecule has 0 bridgehead atoms. The van der Waals surface area contributed by atoms with Crippen molar-refractivity contribution >= 4 is 0 Å². The van der Waals surface area contributed by atoms with Gasteiger partial charge in [-0.05, 0) is 25.3 Å². The van der Waals surface area contributed by atoms with Crippen molar-refractivity contribution < 1.29 is 13.2 Å². The van der Waals surface area contributed by atoms with Crippen LogP contribution in [-0.2, 0) is 12.7 Å². The molecule has 4 nitrogen and oxygen atoms in total. The number of alkyl halides is 3. The van der Waals surface area contributed by atoms with Gasteiger partial charge in [0.25, 0.3) is 0 Å². The van der Waals surface area contributed by atoms with Gasteiger partial charge in [-0.15, -0.1) is 10.2 Å². The Morgan fingerprint density at radius 3 is 2.35 bits per heavy atom. The summed E-state index contributed by atoms with van der Waals surface area (Å²) in [6, 6.07) is 9.92. The highest BCUT2D eigenvalue weighted by atomic mass is 19.4. The van der Waals surface area contributed by atoms with Gasteiger partial charge in [-0.3, -0.25) is 4.90 Å². The topological polar surface area (TPSA) is 34.0 Å². The fraction of sp³-hybridized carbons (Fsp3) is 0.500. The Hall–Kier alpha value is -1.89. The first-order chi connectivity index (χ1) is 10.9. The lowest BCUT2D eigenvalue weighted by atomic mass is 10.0. The first kappa shape index (κ1) is 16.0. The number of hydrogen-bond donors (Lipinski definition) is 0. The number of likely N-dealkylation sites (tertiary alicyclic amines) is 1. The van der Waals surface area contributed by atoms with Gasteiger partial charge in [-0.1, -0.05) is 30.3 Å². The quantitative estimate of drug-likeness (QED) is 0.867. The third-order valence-electron chi connectivity index (χ3n) is 4.29. The van der Waals surface area contributed by atoms with Gasteiger partial charge in [-0.25, -0.2) is 0 Å². The zero-order valence-corrected chi connectivity index (χ0v) is 12.9. The molecule has 1 aromatic heterocycles. The van der Waals surface area contributed by atoms with Crippen molar-refractivity contribution in [2.24, 2.45) is 0 Å². The molecule has 0 amide bonds. The molecule has 2 aromatic rings. The van der Waals surface area contributed by atoms with Crippen LogP contribution < -0.4 is 0 Å². The zero-order chi connectivity index (χ0) is 16.4. The largest absolute Gasteiger partial charge is 0.451 e. The highest BCUT2D eigenvalue weighted by Gasteiger charge is 2.40. The van der Waals surface area contributed by atoms with E-state index in [1.807, 2.05) is 18.2 Å². The van der Waals surface area contributed by atoms with Crippen molar-refractivity contribution in [3.8, 4) is 0 Å². The number of nitrogens with zero attached hydrogens (tertiary/aromatic N) is 4. The highest BCUT2D eigenvalue weighted by molar-refractivity contribution is 5.14. The van der Waals surface area contributed by atoms with Crippen LogP contribution >= 0.6 is 0 Å². The number of aryl methyl sites for hydroxylation is 1. The minimum absolute atomic E-state index is 0.186. The minimum atomic E-state index is -4.46. The Balaban J connectivity index is 1.67. The third-order valence-corrected chi connectivity index (χ3v) is 4.29. The van der Waals surface area contributed by atoms with E-state index in [9.17, 15) is 13.2 Å². The van der Waals surface area contributed by atoms with Crippen molar-refractivity contribution in [3.63, 3.8) is 0 Å². The van der Waals surface area contributed by atoms with E-state index in [-0.39, 0.29) is 6.04 Å². The fourth-order valence-electron chi connectivity index (χ4n) is 3.18. The molecule has 0 atom stereocenters. The second-order valence-electron chi connectivity index (χ2n) is 5.93. The molecule has 2 heterocycles. The summed E-state index contributed by atoms with van der Waals surface area (Å²) in [7, 11) is 0. The van der Waals surface area contributed by atoms with Gasteiger partial charge in [0.1, 0.15) is 5.82 Å². The molecule has 0 spiro atoms. The van der Waals surface area contributed by atoms with Crippen molar-refractivity contribution in [2.75, 3.05) is 13.1 Å². The SMILES string of the molecule is Cc1nnc(C(F)(F)F)n1C1CCN(Cc2ccccc2)CC1. The van der Waals surface area contributed by atoms with Crippen LogP contribution in [0.1, 0.15) is 36.1 Å². The normalized spacial score (nSPS) is 17.6. The summed E-state index contributed by atoms with van der Waals surface area (Å²) < 4.78 is 40.4. The summed E-state index contributed by atoms with van der Waals surface area (Å²) in [5.74, 6) is -0.546. The molecular weight excluding hydrogens is 305 g/mol. The van der Waals surface area contributed by atoms with Crippen molar-refractivity contribution in [2.45, 2.75) is 38.5 Å². The van der Waals surface area contributed by atoms with Gasteiger partial charge in [-0.2, -0.15) is 13.2 Å². The van der Waals surface area contributed by atoms with Crippen LogP contribution in [0.15, 0.2) is 30.3 Å². The molecule has 0 aliphatic carbocycles. The maximum Gasteiger partial charge on any atom is 0.451 e. The van der Waals surface area contributed by atoms with E-state index < -0.39 is 12.0 Å². The standard InChI is InChI=1S/C16H19F3N4/c1-12-20-21-15(16(17,18)19)23(12)14-7-9-22(10-8-14)11-13-5-3-2-4-6-13/h2-6,14H,7-11H2,1H3. The molecule has 1 saturated heterocycles. The van der Waals surface area contributed by atoms with E-state index in [0.717, 1.165) is 19.6 Å². The monoisotopic (exact) mass is 324 g/mol. The molecule has 23 heavy (non-hydrogen) atoms. The first-order valence-electron chi connectivity index (χ1n) is 7.70. The minimum Gasteiger partial charge on any atom is -0.304 e. The summed E-state index contributed by atoms with van der Waals surface area (Å²) in [5, 5.41) is 6.95. The molecule has 1 fully saturated rings. The van der Waals surface area contributed by atoms with E-state index in [1.54, 1.807) is 6.92 Å². The molecule has 124 valence electrons. The van der Waals surface area contributed by atoms with Crippen LogP contribution in [0.2, 0.25) is 0 Å². The maximum atomic E-state index is 13.0. The van der Waals surface area contributed by atoms with Crippen LogP contribution in [-0.4, -0.2) is 32.8 Å². The molecule has 7 heteroatoms. The lowest BCUT2D eigenvalue weighted by molar-refractivity contribution is -0.148. The van der Waals surface area contributed by atoms with Gasteiger partial charge < -0.3 is 4.57 Å². The first-order valence-corrected chi connectivity index (χ1v) is 7.70. The molecule has 0 unspecified atom stereocenters. The lowest BCUT2D eigenvalue weighted by Crippen LogP contribution is -2.35. The van der Waals surface area contributed by atoms with Gasteiger partial charge >= 0.3 is 6.18 Å². The van der Waals surface area contributed by atoms with Gasteiger partial charge in [0, 0.05) is 25.7 Å². The molecule has 0 saturated carbocycles. The summed E-state index contributed by atoms with van der Waals surface area (Å²) in [4.78, 5) is 2.28. The van der Waals surface area contributed by atoms with Gasteiger partial charge in [0.2, 0.25) is 5.82 Å². The average Bonchev–Trinajstić information content (AvgIpc) is 2.91. The molecule has 0 N–H and O–H groups in total. The van der Waals surface area contributed by atoms with Gasteiger partial charge in [0.05, 0.1) is 0 Å². The molecule has 3 rings (SSSR count). The van der Waals surface area contributed by atoms with Crippen LogP contribution in [0, 0.1) is 6.92 Å². The Kier molecular flexibility index (Phi) is 4.39. The number of halogens is 3. The fourth-order valence-corrected chi connectivity index (χ4v) is 3.18. The van der Waals surface area contributed by atoms with E-state index in [2.05, 4.69) is 27.2 Å². The summed E-state index contributed by atoms with van der Waals surface area (Å²) in [5.41, 5.74) is 1.22. The molecular formula is C16H19F3N4. The maximum absolute atomic E-state index is 13.0. The van der Waals surface area contributed by atoms with Crippen LogP contribution in [0.4, 0.5) is 13.2 Å².